The van der Waals surface area contributed by atoms with E-state index in [9.17, 15) is 4.79 Å². The number of anilines is 1. The van der Waals surface area contributed by atoms with Crippen LogP contribution < -0.4 is 5.32 Å². The Morgan fingerprint density at radius 1 is 1.36 bits per heavy atom. The molecule has 0 aliphatic carbocycles. The number of benzene rings is 1. The summed E-state index contributed by atoms with van der Waals surface area (Å²) in [6, 6.07) is 8.30. The van der Waals surface area contributed by atoms with E-state index in [4.69, 9.17) is 9.84 Å². The number of aliphatic hydroxyl groups is 1. The lowest BCUT2D eigenvalue weighted by molar-refractivity contribution is 0.0293. The Kier molecular flexibility index (Phi) is 5.29. The van der Waals surface area contributed by atoms with Crippen LogP contribution >= 0.6 is 0 Å². The lowest BCUT2D eigenvalue weighted by Gasteiger charge is -2.24. The largest absolute Gasteiger partial charge is 0.444 e. The number of hydrogen-bond donors (Lipinski definition) is 2. The minimum Gasteiger partial charge on any atom is -0.444 e. The molecule has 0 aromatic heterocycles. The van der Waals surface area contributed by atoms with Crippen molar-refractivity contribution in [2.45, 2.75) is 45.3 Å². The van der Waals surface area contributed by atoms with E-state index in [-0.39, 0.29) is 18.7 Å². The third-order valence-electron chi connectivity index (χ3n) is 3.57. The fraction of sp³-hybridized carbons (Fsp3) is 0.588. The molecule has 0 radical (unpaired) electrons. The molecule has 5 heteroatoms. The van der Waals surface area contributed by atoms with Crippen LogP contribution in [0, 0.1) is 0 Å². The minimum absolute atomic E-state index is 0.167. The van der Waals surface area contributed by atoms with Gasteiger partial charge in [0.15, 0.2) is 0 Å². The molecule has 1 aromatic rings. The number of amides is 1. The Morgan fingerprint density at radius 2 is 2.05 bits per heavy atom. The molecule has 0 spiro atoms. The quantitative estimate of drug-likeness (QED) is 0.898. The van der Waals surface area contributed by atoms with Crippen molar-refractivity contribution < 1.29 is 14.6 Å². The highest BCUT2D eigenvalue weighted by Crippen LogP contribution is 2.19. The van der Waals surface area contributed by atoms with Gasteiger partial charge in [-0.2, -0.15) is 0 Å². The second kappa shape index (κ2) is 7.01. The van der Waals surface area contributed by atoms with E-state index in [0.29, 0.717) is 13.0 Å². The highest BCUT2D eigenvalue weighted by molar-refractivity contribution is 5.68. The van der Waals surface area contributed by atoms with Crippen LogP contribution in [0.2, 0.25) is 0 Å². The number of aliphatic hydroxyl groups excluding tert-OH is 1. The van der Waals surface area contributed by atoms with Crippen molar-refractivity contribution in [3.05, 3.63) is 29.8 Å². The first-order valence-corrected chi connectivity index (χ1v) is 7.81. The Balaban J connectivity index is 1.84. The lowest BCUT2D eigenvalue weighted by Crippen LogP contribution is -2.36. The van der Waals surface area contributed by atoms with Gasteiger partial charge in [0, 0.05) is 31.4 Å². The van der Waals surface area contributed by atoms with E-state index in [0.717, 1.165) is 24.2 Å². The molecule has 1 unspecified atom stereocenters. The second-order valence-electron chi connectivity index (χ2n) is 6.73. The SMILES string of the molecule is CC(C)(C)OC(=O)N1CCC(Nc2ccc(CCO)cc2)C1. The summed E-state index contributed by atoms with van der Waals surface area (Å²) in [5.41, 5.74) is 1.71. The van der Waals surface area contributed by atoms with Gasteiger partial charge in [-0.25, -0.2) is 4.79 Å². The maximum absolute atomic E-state index is 12.0. The van der Waals surface area contributed by atoms with Crippen LogP contribution in [0.25, 0.3) is 0 Å². The molecule has 1 aliphatic heterocycles. The van der Waals surface area contributed by atoms with Crippen LogP contribution in [0.1, 0.15) is 32.8 Å². The molecular weight excluding hydrogens is 280 g/mol. The van der Waals surface area contributed by atoms with Crippen LogP contribution in [0.15, 0.2) is 24.3 Å². The molecule has 1 atom stereocenters. The van der Waals surface area contributed by atoms with Crippen LogP contribution in [0.5, 0.6) is 0 Å². The van der Waals surface area contributed by atoms with E-state index < -0.39 is 5.60 Å². The van der Waals surface area contributed by atoms with Gasteiger partial charge in [-0.15, -0.1) is 0 Å². The summed E-state index contributed by atoms with van der Waals surface area (Å²) in [5, 5.41) is 12.4. The lowest BCUT2D eigenvalue weighted by atomic mass is 10.1. The summed E-state index contributed by atoms with van der Waals surface area (Å²) in [6.45, 7) is 7.18. The molecular formula is C17H26N2O3. The highest BCUT2D eigenvalue weighted by Gasteiger charge is 2.29. The molecule has 5 nitrogen and oxygen atoms in total. The third kappa shape index (κ3) is 4.91. The maximum Gasteiger partial charge on any atom is 0.410 e. The number of ether oxygens (including phenoxy) is 1. The van der Waals surface area contributed by atoms with Gasteiger partial charge >= 0.3 is 6.09 Å². The fourth-order valence-electron chi connectivity index (χ4n) is 2.50. The molecule has 22 heavy (non-hydrogen) atoms. The maximum atomic E-state index is 12.0. The minimum atomic E-state index is -0.453. The molecule has 1 heterocycles. The summed E-state index contributed by atoms with van der Waals surface area (Å²) >= 11 is 0. The number of hydrogen-bond acceptors (Lipinski definition) is 4. The first-order chi connectivity index (χ1) is 10.4. The van der Waals surface area contributed by atoms with Gasteiger partial charge in [0.1, 0.15) is 5.60 Å². The summed E-state index contributed by atoms with van der Waals surface area (Å²) < 4.78 is 5.40. The monoisotopic (exact) mass is 306 g/mol. The smallest absolute Gasteiger partial charge is 0.410 e. The number of carbonyl (C=O) groups is 1. The first-order valence-electron chi connectivity index (χ1n) is 7.81. The van der Waals surface area contributed by atoms with Crippen molar-refractivity contribution >= 4 is 11.8 Å². The zero-order valence-corrected chi connectivity index (χ0v) is 13.6. The summed E-state index contributed by atoms with van der Waals surface area (Å²) in [7, 11) is 0. The predicted molar refractivity (Wildman–Crippen MR) is 87.1 cm³/mol. The molecule has 1 fully saturated rings. The molecule has 1 amide bonds. The zero-order valence-electron chi connectivity index (χ0n) is 13.6. The predicted octanol–water partition coefficient (Wildman–Crippen LogP) is 2.64. The second-order valence-corrected chi connectivity index (χ2v) is 6.73. The topological polar surface area (TPSA) is 61.8 Å². The van der Waals surface area contributed by atoms with Gasteiger partial charge < -0.3 is 20.1 Å². The Hall–Kier alpha value is -1.75. The van der Waals surface area contributed by atoms with Gasteiger partial charge in [0.25, 0.3) is 0 Å². The van der Waals surface area contributed by atoms with E-state index in [1.54, 1.807) is 4.90 Å². The zero-order chi connectivity index (χ0) is 16.2. The standard InChI is InChI=1S/C17H26N2O3/c1-17(2,3)22-16(21)19-10-8-15(12-19)18-14-6-4-13(5-7-14)9-11-20/h4-7,15,18,20H,8-12H2,1-3H3. The molecule has 2 rings (SSSR count). The van der Waals surface area contributed by atoms with Crippen LogP contribution in [-0.4, -0.2) is 47.4 Å². The number of likely N-dealkylation sites (tertiary alicyclic amines) is 1. The van der Waals surface area contributed by atoms with Crippen molar-refractivity contribution in [3.8, 4) is 0 Å². The van der Waals surface area contributed by atoms with Crippen LogP contribution in [0.3, 0.4) is 0 Å². The van der Waals surface area contributed by atoms with E-state index in [1.807, 2.05) is 45.0 Å². The van der Waals surface area contributed by atoms with Crippen molar-refractivity contribution in [1.82, 2.24) is 4.90 Å². The summed E-state index contributed by atoms with van der Waals surface area (Å²) in [4.78, 5) is 13.8. The van der Waals surface area contributed by atoms with Crippen LogP contribution in [-0.2, 0) is 11.2 Å². The normalized spacial score (nSPS) is 18.4. The van der Waals surface area contributed by atoms with Crippen molar-refractivity contribution in [2.24, 2.45) is 0 Å². The van der Waals surface area contributed by atoms with Gasteiger partial charge in [0.2, 0.25) is 0 Å². The average molecular weight is 306 g/mol. The molecule has 1 saturated heterocycles. The molecule has 2 N–H and O–H groups in total. The van der Waals surface area contributed by atoms with Gasteiger partial charge in [-0.1, -0.05) is 12.1 Å². The number of nitrogens with one attached hydrogen (secondary N) is 1. The number of carbonyl (C=O) groups excluding carboxylic acids is 1. The molecule has 1 aliphatic rings. The summed E-state index contributed by atoms with van der Waals surface area (Å²) in [5.74, 6) is 0. The van der Waals surface area contributed by atoms with Crippen molar-refractivity contribution in [1.29, 1.82) is 0 Å². The Labute approximate surface area is 132 Å². The molecule has 0 saturated carbocycles. The molecule has 0 bridgehead atoms. The van der Waals surface area contributed by atoms with Crippen LogP contribution in [0.4, 0.5) is 10.5 Å². The average Bonchev–Trinajstić information content (AvgIpc) is 2.88. The number of nitrogens with zero attached hydrogens (tertiary/aromatic N) is 1. The van der Waals surface area contributed by atoms with E-state index >= 15 is 0 Å². The van der Waals surface area contributed by atoms with Gasteiger partial charge in [-0.3, -0.25) is 0 Å². The highest BCUT2D eigenvalue weighted by atomic mass is 16.6. The number of rotatable bonds is 4. The van der Waals surface area contributed by atoms with E-state index in [2.05, 4.69) is 5.32 Å². The Bertz CT molecular complexity index is 494. The molecule has 122 valence electrons. The van der Waals surface area contributed by atoms with Gasteiger partial charge in [-0.05, 0) is 51.3 Å². The Morgan fingerprint density at radius 3 is 2.64 bits per heavy atom. The molecule has 1 aromatic carbocycles. The van der Waals surface area contributed by atoms with Gasteiger partial charge in [0.05, 0.1) is 0 Å². The summed E-state index contributed by atoms with van der Waals surface area (Å²) in [6.07, 6.45) is 1.35. The third-order valence-corrected chi connectivity index (χ3v) is 3.57. The van der Waals surface area contributed by atoms with Crippen molar-refractivity contribution in [3.63, 3.8) is 0 Å². The van der Waals surface area contributed by atoms with E-state index in [1.165, 1.54) is 0 Å². The fourth-order valence-corrected chi connectivity index (χ4v) is 2.50. The van der Waals surface area contributed by atoms with Crippen molar-refractivity contribution in [2.75, 3.05) is 25.0 Å². The first kappa shape index (κ1) is 16.6.